The van der Waals surface area contributed by atoms with Crippen molar-refractivity contribution in [2.75, 3.05) is 26.4 Å². The molecule has 26 unspecified atom stereocenters. The Kier molecular flexibility index (Phi) is 14.1. The van der Waals surface area contributed by atoms with Gasteiger partial charge in [0.25, 0.3) is 0 Å². The predicted molar refractivity (Wildman–Crippen MR) is 240 cm³/mol. The van der Waals surface area contributed by atoms with Gasteiger partial charge in [-0.3, -0.25) is 4.55 Å². The first-order valence-electron chi connectivity index (χ1n) is 25.1. The van der Waals surface area contributed by atoms with Crippen molar-refractivity contribution in [1.82, 2.24) is 0 Å². The van der Waals surface area contributed by atoms with Crippen molar-refractivity contribution in [3.8, 4) is 0 Å². The molecule has 70 heavy (non-hydrogen) atoms. The van der Waals surface area contributed by atoms with Crippen molar-refractivity contribution in [2.24, 2.45) is 50.2 Å². The Morgan fingerprint density at radius 2 is 1.30 bits per heavy atom. The van der Waals surface area contributed by atoms with E-state index in [-0.39, 0.29) is 40.6 Å². The Morgan fingerprint density at radius 1 is 0.657 bits per heavy atom. The summed E-state index contributed by atoms with van der Waals surface area (Å²) >= 11 is 0. The molecule has 0 amide bonds. The average molecular weight is 1020 g/mol. The smallest absolute Gasteiger partial charge is 0.396 e. The fourth-order valence-corrected chi connectivity index (χ4v) is 16.5. The molecule has 4 saturated carbocycles. The molecule has 9 aliphatic rings. The zero-order valence-corrected chi connectivity index (χ0v) is 41.9. The van der Waals surface area contributed by atoms with Gasteiger partial charge in [-0.1, -0.05) is 53.7 Å². The van der Waals surface area contributed by atoms with Gasteiger partial charge in [0.15, 0.2) is 18.9 Å². The molecular weight excluding hydrogens is 945 g/mol. The van der Waals surface area contributed by atoms with Gasteiger partial charge in [0.1, 0.15) is 67.1 Å². The van der Waals surface area contributed by atoms with Crippen molar-refractivity contribution in [3.05, 3.63) is 12.2 Å². The molecule has 9 rings (SSSR count). The van der Waals surface area contributed by atoms with Gasteiger partial charge in [-0.25, -0.2) is 4.18 Å². The molecule has 0 aromatic rings. The Bertz CT molecular complexity index is 2060. The summed E-state index contributed by atoms with van der Waals surface area (Å²) in [5, 5.41) is 110. The van der Waals surface area contributed by atoms with Crippen LogP contribution in [0, 0.1) is 50.2 Å². The van der Waals surface area contributed by atoms with Gasteiger partial charge in [0.05, 0.1) is 50.3 Å². The predicted octanol–water partition coefficient (Wildman–Crippen LogP) is -0.572. The van der Waals surface area contributed by atoms with Crippen LogP contribution in [0.25, 0.3) is 0 Å². The Balaban J connectivity index is 1.03. The molecule has 4 aliphatic heterocycles. The van der Waals surface area contributed by atoms with E-state index in [1.807, 2.05) is 6.92 Å². The third-order valence-electron chi connectivity index (χ3n) is 20.2. The van der Waals surface area contributed by atoms with E-state index in [0.29, 0.717) is 32.3 Å². The van der Waals surface area contributed by atoms with Gasteiger partial charge in [-0.15, -0.1) is 0 Å². The lowest BCUT2D eigenvalue weighted by Crippen LogP contribution is -2.72. The maximum absolute atomic E-state index is 12.3. The molecule has 26 atom stereocenters. The number of rotatable bonds is 11. The summed E-state index contributed by atoms with van der Waals surface area (Å²) < 4.78 is 81.5. The molecule has 8 fully saturated rings. The summed E-state index contributed by atoms with van der Waals surface area (Å²) in [6.07, 6.45) is -17.1. The van der Waals surface area contributed by atoms with Crippen molar-refractivity contribution < 1.29 is 101 Å². The highest BCUT2D eigenvalue weighted by molar-refractivity contribution is 7.80. The lowest BCUT2D eigenvalue weighted by atomic mass is 9.32. The van der Waals surface area contributed by atoms with Gasteiger partial charge >= 0.3 is 10.4 Å². The van der Waals surface area contributed by atoms with Gasteiger partial charge in [0, 0.05) is 22.2 Å². The largest absolute Gasteiger partial charge is 0.397 e. The van der Waals surface area contributed by atoms with Gasteiger partial charge < -0.3 is 84.2 Å². The highest BCUT2D eigenvalue weighted by atomic mass is 32.3. The third-order valence-corrected chi connectivity index (χ3v) is 20.7. The summed E-state index contributed by atoms with van der Waals surface area (Å²) in [5.41, 5.74) is -2.82. The summed E-state index contributed by atoms with van der Waals surface area (Å²) in [6.45, 7) is 13.5. The number of fused-ring (bicyclic) bond motifs is 4. The summed E-state index contributed by atoms with van der Waals surface area (Å²) in [5.74, 6) is 0.0265. The normalized spacial score (nSPS) is 56.3. The van der Waals surface area contributed by atoms with E-state index in [1.54, 1.807) is 0 Å². The molecule has 11 N–H and O–H groups in total. The zero-order chi connectivity index (χ0) is 51.1. The molecular formula is C48H78O21S. The molecule has 1 spiro atoms. The van der Waals surface area contributed by atoms with Crippen LogP contribution in [0.3, 0.4) is 0 Å². The SMILES string of the molecule is CC1OC(OC2CCC3(C)C(CCC4(C)C3C=CC35OCC6(CCC(C)(C)CC63)C(O)CC45C)C2(C)CO)C(OC2OC(CO)C(OS(=O)(=O)O)C(O)C2O)C(OC2OC(CO)C(O)C(O)C2O)C1O. The first-order chi connectivity index (χ1) is 32.6. The van der Waals surface area contributed by atoms with E-state index in [2.05, 4.69) is 51.0 Å². The maximum Gasteiger partial charge on any atom is 0.397 e. The number of aliphatic hydroxyl groups excluding tert-OH is 10. The van der Waals surface area contributed by atoms with Crippen LogP contribution in [0.2, 0.25) is 0 Å². The number of ether oxygens (including phenoxy) is 7. The molecule has 22 heteroatoms. The van der Waals surface area contributed by atoms with Gasteiger partial charge in [-0.2, -0.15) is 8.42 Å². The minimum Gasteiger partial charge on any atom is -0.396 e. The van der Waals surface area contributed by atoms with E-state index < -0.39 is 150 Å². The monoisotopic (exact) mass is 1020 g/mol. The summed E-state index contributed by atoms with van der Waals surface area (Å²) in [6, 6.07) is 0. The van der Waals surface area contributed by atoms with Crippen LogP contribution < -0.4 is 0 Å². The standard InChI is InChI=1S/C48H78O21S/c1-22-30(53)37(67-39-34(57)32(55)31(54)23(18-49)64-39)38(68-40-35(58)33(56)36(24(19-50)65-40)69-70(59,60)61)41(63-22)66-29-10-11-43(4)25(44(29,5)20-51)8-12-45(6)26(43)9-13-48-27-16-42(2,3)14-15-47(27,21-62-48)28(52)17-46(45,48)7/h9,13,22-41,49-58H,8,10-12,14-21H2,1-7H3,(H,59,60,61). The molecule has 5 aliphatic carbocycles. The second-order valence-corrected chi connectivity index (χ2v) is 25.3. The van der Waals surface area contributed by atoms with Crippen molar-refractivity contribution in [1.29, 1.82) is 0 Å². The fourth-order valence-electron chi connectivity index (χ4n) is 16.0. The van der Waals surface area contributed by atoms with Gasteiger partial charge in [-0.05, 0) is 86.4 Å². The van der Waals surface area contributed by atoms with Crippen LogP contribution in [0.5, 0.6) is 0 Å². The third kappa shape index (κ3) is 7.98. The highest BCUT2D eigenvalue weighted by Crippen LogP contribution is 2.79. The van der Waals surface area contributed by atoms with E-state index >= 15 is 0 Å². The Hall–Kier alpha value is -1.07. The molecule has 2 bridgehead atoms. The van der Waals surface area contributed by atoms with Crippen molar-refractivity contribution in [2.45, 2.75) is 210 Å². The van der Waals surface area contributed by atoms with Crippen molar-refractivity contribution in [3.63, 3.8) is 0 Å². The van der Waals surface area contributed by atoms with Crippen molar-refractivity contribution >= 4 is 10.4 Å². The number of hydrogen-bond donors (Lipinski definition) is 11. The molecule has 402 valence electrons. The number of allylic oxidation sites excluding steroid dienone is 1. The minimum absolute atomic E-state index is 0.0136. The first kappa shape index (κ1) is 53.7. The highest BCUT2D eigenvalue weighted by Gasteiger charge is 2.79. The second kappa shape index (κ2) is 18.3. The maximum atomic E-state index is 12.3. The molecule has 4 saturated heterocycles. The van der Waals surface area contributed by atoms with Crippen LogP contribution in [-0.4, -0.2) is 200 Å². The first-order valence-corrected chi connectivity index (χ1v) is 26.5. The Morgan fingerprint density at radius 3 is 1.94 bits per heavy atom. The molecule has 0 aromatic heterocycles. The van der Waals surface area contributed by atoms with Crippen LogP contribution >= 0.6 is 0 Å². The lowest BCUT2D eigenvalue weighted by Gasteiger charge is -2.73. The fraction of sp³-hybridized carbons (Fsp3) is 0.958. The average Bonchev–Trinajstić information content (AvgIpc) is 3.57. The molecule has 21 nitrogen and oxygen atoms in total. The number of aliphatic hydroxyl groups is 10. The lowest BCUT2D eigenvalue weighted by molar-refractivity contribution is -0.397. The summed E-state index contributed by atoms with van der Waals surface area (Å²) in [4.78, 5) is 0. The van der Waals surface area contributed by atoms with Crippen LogP contribution in [0.4, 0.5) is 0 Å². The van der Waals surface area contributed by atoms with Crippen LogP contribution in [0.1, 0.15) is 99.8 Å². The van der Waals surface area contributed by atoms with E-state index in [1.165, 1.54) is 6.92 Å². The molecule has 0 aromatic carbocycles. The van der Waals surface area contributed by atoms with Gasteiger partial charge in [0.2, 0.25) is 0 Å². The molecule has 0 radical (unpaired) electrons. The number of hydrogen-bond acceptors (Lipinski definition) is 20. The van der Waals surface area contributed by atoms with E-state index in [0.717, 1.165) is 25.7 Å². The Labute approximate surface area is 409 Å². The minimum atomic E-state index is -5.24. The zero-order valence-electron chi connectivity index (χ0n) is 41.1. The van der Waals surface area contributed by atoms with E-state index in [9.17, 15) is 64.0 Å². The quantitative estimate of drug-likeness (QED) is 0.0701. The van der Waals surface area contributed by atoms with E-state index in [4.69, 9.17) is 33.2 Å². The van der Waals surface area contributed by atoms with Crippen LogP contribution in [0.15, 0.2) is 12.2 Å². The van der Waals surface area contributed by atoms with Crippen LogP contribution in [-0.2, 0) is 47.7 Å². The molecule has 4 heterocycles. The second-order valence-electron chi connectivity index (χ2n) is 24.3. The summed E-state index contributed by atoms with van der Waals surface area (Å²) in [7, 11) is -5.24. The topological polar surface area (TPSA) is 331 Å².